The Labute approximate surface area is 105 Å². The van der Waals surface area contributed by atoms with E-state index in [0.717, 1.165) is 14.6 Å². The van der Waals surface area contributed by atoms with Gasteiger partial charge in [-0.2, -0.15) is 0 Å². The molecule has 6 heteroatoms. The number of thiazole rings is 1. The van der Waals surface area contributed by atoms with Crippen molar-refractivity contribution in [2.45, 2.75) is 9.24 Å². The number of hydrogen-bond donors (Lipinski definition) is 3. The Hall–Kier alpha value is -1.66. The lowest BCUT2D eigenvalue weighted by atomic mass is 10.3. The highest BCUT2D eigenvalue weighted by atomic mass is 32.2. The Balaban J connectivity index is 1.97. The van der Waals surface area contributed by atoms with Crippen molar-refractivity contribution in [3.63, 3.8) is 0 Å². The number of H-pyrrole nitrogens is 1. The summed E-state index contributed by atoms with van der Waals surface area (Å²) >= 11 is 2.88. The lowest BCUT2D eigenvalue weighted by Gasteiger charge is -1.92. The van der Waals surface area contributed by atoms with E-state index in [2.05, 4.69) is 9.97 Å². The maximum Gasteiger partial charge on any atom is 0.205 e. The molecule has 2 aromatic heterocycles. The molecule has 4 nitrogen and oxygen atoms in total. The minimum Gasteiger partial charge on any atom is -0.494 e. The van der Waals surface area contributed by atoms with E-state index >= 15 is 0 Å². The second kappa shape index (κ2) is 3.97. The highest BCUT2D eigenvalue weighted by Crippen LogP contribution is 2.39. The standard InChI is InChI=1S/C11H8N2O2S2/c14-9-5-8(10(15)13-9)17-11-12-6-3-1-2-4-7(6)16-11/h1-5,13-15H. The van der Waals surface area contributed by atoms with Gasteiger partial charge in [-0.05, 0) is 12.1 Å². The van der Waals surface area contributed by atoms with Gasteiger partial charge in [-0.25, -0.2) is 4.98 Å². The fourth-order valence-corrected chi connectivity index (χ4v) is 3.53. The first-order chi connectivity index (χ1) is 8.22. The van der Waals surface area contributed by atoms with Gasteiger partial charge in [0, 0.05) is 6.07 Å². The molecule has 0 fully saturated rings. The van der Waals surface area contributed by atoms with Crippen LogP contribution in [0.3, 0.4) is 0 Å². The summed E-state index contributed by atoms with van der Waals surface area (Å²) in [5, 5.41) is 18.7. The minimum atomic E-state index is -0.0499. The SMILES string of the molecule is Oc1cc(Sc2nc3ccccc3s2)c(O)[nH]1. The van der Waals surface area contributed by atoms with Crippen LogP contribution in [-0.4, -0.2) is 20.2 Å². The van der Waals surface area contributed by atoms with Gasteiger partial charge in [0.2, 0.25) is 5.88 Å². The number of benzene rings is 1. The summed E-state index contributed by atoms with van der Waals surface area (Å²) < 4.78 is 1.94. The Bertz CT molecular complexity index is 642. The van der Waals surface area contributed by atoms with Gasteiger partial charge in [0.1, 0.15) is 0 Å². The summed E-state index contributed by atoms with van der Waals surface area (Å²) in [7, 11) is 0. The largest absolute Gasteiger partial charge is 0.494 e. The second-order valence-corrected chi connectivity index (χ2v) is 5.74. The molecule has 0 atom stereocenters. The van der Waals surface area contributed by atoms with Gasteiger partial charge in [0.05, 0.1) is 15.1 Å². The zero-order chi connectivity index (χ0) is 11.8. The van der Waals surface area contributed by atoms with Crippen molar-refractivity contribution in [1.82, 2.24) is 9.97 Å². The van der Waals surface area contributed by atoms with Crippen LogP contribution in [0, 0.1) is 0 Å². The number of nitrogens with zero attached hydrogens (tertiary/aromatic N) is 1. The first-order valence-corrected chi connectivity index (χ1v) is 6.50. The predicted octanol–water partition coefficient (Wildman–Crippen LogP) is 3.19. The highest BCUT2D eigenvalue weighted by molar-refractivity contribution is 8.01. The van der Waals surface area contributed by atoms with Gasteiger partial charge >= 0.3 is 0 Å². The zero-order valence-corrected chi connectivity index (χ0v) is 10.2. The Morgan fingerprint density at radius 3 is 2.76 bits per heavy atom. The number of fused-ring (bicyclic) bond motifs is 1. The average molecular weight is 264 g/mol. The summed E-state index contributed by atoms with van der Waals surface area (Å²) in [5.74, 6) is -0.0853. The summed E-state index contributed by atoms with van der Waals surface area (Å²) in [4.78, 5) is 7.43. The molecule has 17 heavy (non-hydrogen) atoms. The van der Waals surface area contributed by atoms with Crippen molar-refractivity contribution in [1.29, 1.82) is 0 Å². The summed E-state index contributed by atoms with van der Waals surface area (Å²) in [5.41, 5.74) is 0.944. The van der Waals surface area contributed by atoms with Crippen LogP contribution in [0.4, 0.5) is 0 Å². The molecule has 0 radical (unpaired) electrons. The Morgan fingerprint density at radius 1 is 1.24 bits per heavy atom. The smallest absolute Gasteiger partial charge is 0.205 e. The van der Waals surface area contributed by atoms with Crippen molar-refractivity contribution in [3.8, 4) is 11.8 Å². The van der Waals surface area contributed by atoms with Gasteiger partial charge in [0.25, 0.3) is 0 Å². The Morgan fingerprint density at radius 2 is 2.06 bits per heavy atom. The van der Waals surface area contributed by atoms with Crippen LogP contribution in [0.2, 0.25) is 0 Å². The molecule has 0 aliphatic rings. The topological polar surface area (TPSA) is 69.1 Å². The molecule has 0 saturated carbocycles. The number of aromatic hydroxyl groups is 2. The number of aromatic amines is 1. The van der Waals surface area contributed by atoms with Crippen molar-refractivity contribution in [2.24, 2.45) is 0 Å². The zero-order valence-electron chi connectivity index (χ0n) is 8.54. The highest BCUT2D eigenvalue weighted by Gasteiger charge is 2.11. The summed E-state index contributed by atoms with van der Waals surface area (Å²) in [6.45, 7) is 0. The molecule has 3 aromatic rings. The summed E-state index contributed by atoms with van der Waals surface area (Å²) in [6.07, 6.45) is 0. The molecule has 0 unspecified atom stereocenters. The Kier molecular flexibility index (Phi) is 2.45. The lowest BCUT2D eigenvalue weighted by Crippen LogP contribution is -1.69. The molecule has 1 aromatic carbocycles. The lowest BCUT2D eigenvalue weighted by molar-refractivity contribution is 0.421. The number of hydrogen-bond acceptors (Lipinski definition) is 5. The van der Waals surface area contributed by atoms with Crippen LogP contribution < -0.4 is 0 Å². The molecule has 0 saturated heterocycles. The van der Waals surface area contributed by atoms with Crippen molar-refractivity contribution in [3.05, 3.63) is 30.3 Å². The maximum atomic E-state index is 9.51. The van der Waals surface area contributed by atoms with Crippen LogP contribution >= 0.6 is 23.1 Å². The molecule has 3 rings (SSSR count). The fourth-order valence-electron chi connectivity index (χ4n) is 1.48. The van der Waals surface area contributed by atoms with Gasteiger partial charge in [-0.3, -0.25) is 4.98 Å². The predicted molar refractivity (Wildman–Crippen MR) is 67.9 cm³/mol. The van der Waals surface area contributed by atoms with E-state index in [-0.39, 0.29) is 11.8 Å². The van der Waals surface area contributed by atoms with Crippen LogP contribution in [0.15, 0.2) is 39.6 Å². The number of nitrogens with one attached hydrogen (secondary N) is 1. The van der Waals surface area contributed by atoms with Crippen LogP contribution in [-0.2, 0) is 0 Å². The molecule has 2 heterocycles. The third kappa shape index (κ3) is 1.96. The number of para-hydroxylation sites is 1. The second-order valence-electron chi connectivity index (χ2n) is 3.42. The van der Waals surface area contributed by atoms with Crippen molar-refractivity contribution in [2.75, 3.05) is 0 Å². The van der Waals surface area contributed by atoms with Gasteiger partial charge < -0.3 is 10.2 Å². The van der Waals surface area contributed by atoms with E-state index in [9.17, 15) is 10.2 Å². The third-order valence-electron chi connectivity index (χ3n) is 2.22. The first kappa shape index (κ1) is 10.5. The van der Waals surface area contributed by atoms with E-state index in [1.807, 2.05) is 24.3 Å². The number of rotatable bonds is 2. The van der Waals surface area contributed by atoms with E-state index in [0.29, 0.717) is 4.90 Å². The van der Waals surface area contributed by atoms with Gasteiger partial charge in [0.15, 0.2) is 10.2 Å². The average Bonchev–Trinajstić information content (AvgIpc) is 2.82. The number of aromatic nitrogens is 2. The van der Waals surface area contributed by atoms with E-state index in [1.54, 1.807) is 11.3 Å². The van der Waals surface area contributed by atoms with Crippen LogP contribution in [0.5, 0.6) is 11.8 Å². The molecular weight excluding hydrogens is 256 g/mol. The van der Waals surface area contributed by atoms with Crippen molar-refractivity contribution < 1.29 is 10.2 Å². The molecular formula is C11H8N2O2S2. The van der Waals surface area contributed by atoms with Crippen LogP contribution in [0.1, 0.15) is 0 Å². The fraction of sp³-hybridized carbons (Fsp3) is 0. The van der Waals surface area contributed by atoms with E-state index < -0.39 is 0 Å². The molecule has 0 bridgehead atoms. The monoisotopic (exact) mass is 264 g/mol. The van der Waals surface area contributed by atoms with Gasteiger partial charge in [-0.1, -0.05) is 23.9 Å². The first-order valence-electron chi connectivity index (χ1n) is 4.87. The molecule has 0 spiro atoms. The molecule has 86 valence electrons. The third-order valence-corrected chi connectivity index (χ3v) is 4.35. The van der Waals surface area contributed by atoms with Crippen LogP contribution in [0.25, 0.3) is 10.2 Å². The molecule has 0 aliphatic heterocycles. The molecule has 0 amide bonds. The van der Waals surface area contributed by atoms with Gasteiger partial charge in [-0.15, -0.1) is 11.3 Å². The quantitative estimate of drug-likeness (QED) is 0.665. The molecule has 3 N–H and O–H groups in total. The molecule has 0 aliphatic carbocycles. The van der Waals surface area contributed by atoms with E-state index in [4.69, 9.17) is 0 Å². The van der Waals surface area contributed by atoms with Crippen molar-refractivity contribution >= 4 is 33.3 Å². The maximum absolute atomic E-state index is 9.51. The summed E-state index contributed by atoms with van der Waals surface area (Å²) in [6, 6.07) is 9.34. The normalized spacial score (nSPS) is 11.1. The minimum absolute atomic E-state index is 0.0354. The van der Waals surface area contributed by atoms with E-state index in [1.165, 1.54) is 17.8 Å².